The molecule has 0 spiro atoms. The number of benzene rings is 2. The van der Waals surface area contributed by atoms with Crippen molar-refractivity contribution >= 4 is 34.2 Å². The molecule has 0 atom stereocenters. The van der Waals surface area contributed by atoms with E-state index < -0.39 is 0 Å². The van der Waals surface area contributed by atoms with Crippen molar-refractivity contribution in [1.29, 1.82) is 0 Å². The predicted molar refractivity (Wildman–Crippen MR) is 64.5 cm³/mol. The number of rotatable bonds is 0. The summed E-state index contributed by atoms with van der Waals surface area (Å²) in [6.45, 7) is 0. The molecule has 1 nitrogen and oxygen atoms in total. The summed E-state index contributed by atoms with van der Waals surface area (Å²) in [7, 11) is 0. The van der Waals surface area contributed by atoms with Gasteiger partial charge >= 0.3 is 0 Å². The van der Waals surface area contributed by atoms with Crippen molar-refractivity contribution in [2.24, 2.45) is 0 Å². The lowest BCUT2D eigenvalue weighted by Crippen LogP contribution is -1.80. The Hall–Kier alpha value is -1.74. The first-order valence-electron chi connectivity index (χ1n) is 4.87. The molecule has 78 valence electrons. The second-order valence-electron chi connectivity index (χ2n) is 3.57. The summed E-state index contributed by atoms with van der Waals surface area (Å²) < 4.78 is 19.4. The fraction of sp³-hybridized carbons (Fsp3) is 0. The van der Waals surface area contributed by atoms with Crippen LogP contribution in [0.5, 0.6) is 0 Å². The molecule has 16 heavy (non-hydrogen) atoms. The van der Waals surface area contributed by atoms with Crippen LogP contribution in [0.25, 0.3) is 21.9 Å². The number of para-hydroxylation sites is 1. The smallest absolute Gasteiger partial charge is 0.136 e. The first-order chi connectivity index (χ1) is 7.75. The average Bonchev–Trinajstić information content (AvgIpc) is 2.31. The highest BCUT2D eigenvalue weighted by Crippen LogP contribution is 2.25. The Kier molecular flexibility index (Phi) is 2.01. The van der Waals surface area contributed by atoms with E-state index in [2.05, 4.69) is 0 Å². The summed E-state index contributed by atoms with van der Waals surface area (Å²) in [6, 6.07) is 11.9. The van der Waals surface area contributed by atoms with Gasteiger partial charge in [-0.2, -0.15) is 0 Å². The minimum atomic E-state index is -0.302. The minimum absolute atomic E-state index is 0.302. The third-order valence-electron chi connectivity index (χ3n) is 2.54. The molecule has 0 aliphatic heterocycles. The molecule has 2 aromatic carbocycles. The molecule has 0 saturated carbocycles. The second kappa shape index (κ2) is 3.39. The molecule has 0 N–H and O–H groups in total. The molecule has 0 aliphatic rings. The van der Waals surface area contributed by atoms with Crippen molar-refractivity contribution in [3.05, 3.63) is 52.8 Å². The topological polar surface area (TPSA) is 13.1 Å². The van der Waals surface area contributed by atoms with E-state index in [4.69, 9.17) is 16.6 Å². The van der Waals surface area contributed by atoms with Crippen molar-refractivity contribution in [3.63, 3.8) is 0 Å². The summed E-state index contributed by atoms with van der Waals surface area (Å²) >= 11 is 5.33. The Morgan fingerprint density at radius 1 is 0.938 bits per heavy atom. The lowest BCUT2D eigenvalue weighted by atomic mass is 10.1. The molecule has 0 amide bonds. The molecular weight excluding hydrogens is 223 g/mol. The zero-order valence-electron chi connectivity index (χ0n) is 8.24. The quantitative estimate of drug-likeness (QED) is 0.418. The van der Waals surface area contributed by atoms with Crippen LogP contribution in [0.3, 0.4) is 0 Å². The normalized spacial score (nSPS) is 11.1. The number of hydrogen-bond donors (Lipinski definition) is 0. The van der Waals surface area contributed by atoms with E-state index in [1.807, 2.05) is 24.3 Å². The molecule has 3 aromatic rings. The second-order valence-corrected chi connectivity index (χ2v) is 3.98. The van der Waals surface area contributed by atoms with Gasteiger partial charge < -0.3 is 4.42 Å². The summed E-state index contributed by atoms with van der Waals surface area (Å²) in [5, 5.41) is 1.49. The van der Waals surface area contributed by atoms with Crippen molar-refractivity contribution in [3.8, 4) is 0 Å². The van der Waals surface area contributed by atoms with Gasteiger partial charge in [-0.1, -0.05) is 24.4 Å². The maximum Gasteiger partial charge on any atom is 0.136 e. The summed E-state index contributed by atoms with van der Waals surface area (Å²) in [5.41, 5.74) is 1.34. The SMILES string of the molecule is Fc1ccc2oc3ccccc3c(=S)c2c1. The van der Waals surface area contributed by atoms with Crippen LogP contribution in [0.4, 0.5) is 4.39 Å². The highest BCUT2D eigenvalue weighted by atomic mass is 32.1. The fourth-order valence-electron chi connectivity index (χ4n) is 1.78. The molecule has 1 aromatic heterocycles. The van der Waals surface area contributed by atoms with Crippen LogP contribution in [-0.4, -0.2) is 0 Å². The third-order valence-corrected chi connectivity index (χ3v) is 2.98. The molecular formula is C13H7FOS. The molecule has 0 aliphatic carbocycles. The molecule has 0 unspecified atom stereocenters. The third kappa shape index (κ3) is 1.32. The fourth-order valence-corrected chi connectivity index (χ4v) is 2.10. The zero-order chi connectivity index (χ0) is 11.1. The average molecular weight is 230 g/mol. The van der Waals surface area contributed by atoms with Crippen molar-refractivity contribution in [2.75, 3.05) is 0 Å². The van der Waals surface area contributed by atoms with E-state index in [1.165, 1.54) is 12.1 Å². The van der Waals surface area contributed by atoms with Crippen LogP contribution in [0.1, 0.15) is 0 Å². The van der Waals surface area contributed by atoms with E-state index in [9.17, 15) is 4.39 Å². The van der Waals surface area contributed by atoms with E-state index in [0.29, 0.717) is 15.5 Å². The Labute approximate surface area is 96.1 Å². The minimum Gasteiger partial charge on any atom is -0.456 e. The number of halogens is 1. The van der Waals surface area contributed by atoms with E-state index >= 15 is 0 Å². The molecule has 1 heterocycles. The first-order valence-corrected chi connectivity index (χ1v) is 5.27. The lowest BCUT2D eigenvalue weighted by Gasteiger charge is -2.02. The Morgan fingerprint density at radius 3 is 2.56 bits per heavy atom. The van der Waals surface area contributed by atoms with Gasteiger partial charge in [0, 0.05) is 10.8 Å². The Balaban J connectivity index is 2.61. The monoisotopic (exact) mass is 230 g/mol. The molecule has 0 saturated heterocycles. The van der Waals surface area contributed by atoms with Gasteiger partial charge in [0.1, 0.15) is 17.0 Å². The van der Waals surface area contributed by atoms with Crippen molar-refractivity contribution in [1.82, 2.24) is 0 Å². The molecule has 0 fully saturated rings. The van der Waals surface area contributed by atoms with Gasteiger partial charge in [0.05, 0.1) is 4.51 Å². The predicted octanol–water partition coefficient (Wildman–Crippen LogP) is 4.45. The van der Waals surface area contributed by atoms with Crippen LogP contribution in [0.15, 0.2) is 46.9 Å². The van der Waals surface area contributed by atoms with Crippen LogP contribution in [0.2, 0.25) is 0 Å². The highest BCUT2D eigenvalue weighted by molar-refractivity contribution is 7.72. The van der Waals surface area contributed by atoms with Gasteiger partial charge in [-0.3, -0.25) is 0 Å². The van der Waals surface area contributed by atoms with Gasteiger partial charge in [-0.25, -0.2) is 4.39 Å². The van der Waals surface area contributed by atoms with Gasteiger partial charge in [0.2, 0.25) is 0 Å². The largest absolute Gasteiger partial charge is 0.456 e. The van der Waals surface area contributed by atoms with E-state index in [-0.39, 0.29) is 5.82 Å². The van der Waals surface area contributed by atoms with Gasteiger partial charge in [-0.15, -0.1) is 0 Å². The first kappa shape index (κ1) is 9.48. The molecule has 3 heteroatoms. The summed E-state index contributed by atoms with van der Waals surface area (Å²) in [5.74, 6) is -0.302. The Bertz CT molecular complexity index is 746. The van der Waals surface area contributed by atoms with Gasteiger partial charge in [0.15, 0.2) is 0 Å². The number of fused-ring (bicyclic) bond motifs is 2. The Morgan fingerprint density at radius 2 is 1.69 bits per heavy atom. The van der Waals surface area contributed by atoms with Gasteiger partial charge in [0.25, 0.3) is 0 Å². The number of hydrogen-bond acceptors (Lipinski definition) is 2. The van der Waals surface area contributed by atoms with Crippen molar-refractivity contribution < 1.29 is 8.81 Å². The summed E-state index contributed by atoms with van der Waals surface area (Å²) in [6.07, 6.45) is 0. The van der Waals surface area contributed by atoms with E-state index in [1.54, 1.807) is 6.07 Å². The lowest BCUT2D eigenvalue weighted by molar-refractivity contribution is 0.624. The highest BCUT2D eigenvalue weighted by Gasteiger charge is 2.04. The maximum atomic E-state index is 13.1. The van der Waals surface area contributed by atoms with Crippen LogP contribution in [-0.2, 0) is 0 Å². The van der Waals surface area contributed by atoms with Gasteiger partial charge in [-0.05, 0) is 30.3 Å². The molecule has 0 radical (unpaired) electrons. The zero-order valence-corrected chi connectivity index (χ0v) is 9.05. The van der Waals surface area contributed by atoms with E-state index in [0.717, 1.165) is 11.0 Å². The standard InChI is InChI=1S/C13H7FOS/c14-8-5-6-12-10(7-8)13(16)9-3-1-2-4-11(9)15-12/h1-7H. The summed E-state index contributed by atoms with van der Waals surface area (Å²) in [4.78, 5) is 0. The van der Waals surface area contributed by atoms with Crippen molar-refractivity contribution in [2.45, 2.75) is 0 Å². The van der Waals surface area contributed by atoms with Crippen LogP contribution >= 0.6 is 12.2 Å². The van der Waals surface area contributed by atoms with Crippen LogP contribution in [0, 0.1) is 10.3 Å². The maximum absolute atomic E-state index is 13.1. The molecule has 3 rings (SSSR count). The molecule has 0 bridgehead atoms. The van der Waals surface area contributed by atoms with Crippen LogP contribution < -0.4 is 0 Å².